The van der Waals surface area contributed by atoms with E-state index in [-0.39, 0.29) is 11.6 Å². The van der Waals surface area contributed by atoms with Crippen LogP contribution in [-0.4, -0.2) is 50.8 Å². The number of nitrogens with zero attached hydrogens (tertiary/aromatic N) is 2. The molecule has 1 aliphatic rings. The summed E-state index contributed by atoms with van der Waals surface area (Å²) in [4.78, 5) is 4.55. The normalized spacial score (nSPS) is 20.6. The van der Waals surface area contributed by atoms with Crippen LogP contribution in [0.2, 0.25) is 0 Å². The lowest BCUT2D eigenvalue weighted by molar-refractivity contribution is -0.0967. The minimum Gasteiger partial charge on any atom is -0.378 e. The van der Waals surface area contributed by atoms with Gasteiger partial charge in [-0.3, -0.25) is 4.90 Å². The number of rotatable bonds is 4. The lowest BCUT2D eigenvalue weighted by atomic mass is 10.0. The Kier molecular flexibility index (Phi) is 4.68. The van der Waals surface area contributed by atoms with Gasteiger partial charge in [0.05, 0.1) is 12.2 Å². The predicted molar refractivity (Wildman–Crippen MR) is 84.2 cm³/mol. The number of anilines is 1. The molecule has 0 aliphatic carbocycles. The van der Waals surface area contributed by atoms with Crippen LogP contribution in [0.15, 0.2) is 24.3 Å². The Morgan fingerprint density at radius 1 is 1.30 bits per heavy atom. The van der Waals surface area contributed by atoms with Gasteiger partial charge in [-0.2, -0.15) is 0 Å². The van der Waals surface area contributed by atoms with Crippen LogP contribution in [0.4, 0.5) is 5.69 Å². The Hall–Kier alpha value is -1.10. The van der Waals surface area contributed by atoms with E-state index in [1.165, 1.54) is 11.3 Å². The van der Waals surface area contributed by atoms with E-state index in [9.17, 15) is 0 Å². The number of hydrogen-bond donors (Lipinski definition) is 1. The summed E-state index contributed by atoms with van der Waals surface area (Å²) < 4.78 is 5.79. The second kappa shape index (κ2) is 6.12. The molecule has 1 aromatic rings. The van der Waals surface area contributed by atoms with E-state index in [4.69, 9.17) is 10.5 Å². The zero-order valence-electron chi connectivity index (χ0n) is 13.1. The van der Waals surface area contributed by atoms with Crippen molar-refractivity contribution < 1.29 is 4.74 Å². The molecule has 0 amide bonds. The second-order valence-electron chi connectivity index (χ2n) is 6.32. The number of morpholine rings is 1. The van der Waals surface area contributed by atoms with Gasteiger partial charge in [-0.05, 0) is 31.5 Å². The summed E-state index contributed by atoms with van der Waals surface area (Å²) in [5, 5.41) is 0. The summed E-state index contributed by atoms with van der Waals surface area (Å²) in [6.45, 7) is 7.56. The van der Waals surface area contributed by atoms with Crippen LogP contribution in [0.5, 0.6) is 0 Å². The first-order chi connectivity index (χ1) is 9.43. The van der Waals surface area contributed by atoms with Crippen LogP contribution < -0.4 is 10.6 Å². The topological polar surface area (TPSA) is 41.7 Å². The average Bonchev–Trinajstić information content (AvgIpc) is 2.39. The Balaban J connectivity index is 2.15. The van der Waals surface area contributed by atoms with Crippen molar-refractivity contribution in [3.05, 3.63) is 29.8 Å². The third-order valence-corrected chi connectivity index (χ3v) is 3.91. The molecule has 1 saturated heterocycles. The Labute approximate surface area is 122 Å². The van der Waals surface area contributed by atoms with Crippen LogP contribution in [0, 0.1) is 0 Å². The Bertz CT molecular complexity index is 428. The lowest BCUT2D eigenvalue weighted by Crippen LogP contribution is -2.50. The highest BCUT2D eigenvalue weighted by atomic mass is 16.5. The van der Waals surface area contributed by atoms with E-state index in [1.807, 2.05) is 0 Å². The van der Waals surface area contributed by atoms with E-state index in [0.717, 1.165) is 19.7 Å². The molecule has 1 heterocycles. The van der Waals surface area contributed by atoms with E-state index in [0.29, 0.717) is 6.54 Å². The highest BCUT2D eigenvalue weighted by Gasteiger charge is 2.31. The zero-order valence-corrected chi connectivity index (χ0v) is 13.1. The van der Waals surface area contributed by atoms with Crippen LogP contribution >= 0.6 is 0 Å². The maximum atomic E-state index is 6.03. The zero-order chi connectivity index (χ0) is 14.8. The van der Waals surface area contributed by atoms with Crippen molar-refractivity contribution in [3.8, 4) is 0 Å². The molecular weight excluding hydrogens is 250 g/mol. The maximum Gasteiger partial charge on any atom is 0.0753 e. The van der Waals surface area contributed by atoms with E-state index < -0.39 is 0 Å². The van der Waals surface area contributed by atoms with Gasteiger partial charge in [0.1, 0.15) is 0 Å². The number of benzene rings is 1. The molecule has 1 unspecified atom stereocenters. The smallest absolute Gasteiger partial charge is 0.0753 e. The van der Waals surface area contributed by atoms with E-state index >= 15 is 0 Å². The molecule has 20 heavy (non-hydrogen) atoms. The Morgan fingerprint density at radius 2 is 1.95 bits per heavy atom. The molecule has 1 aliphatic heterocycles. The molecule has 112 valence electrons. The molecule has 0 saturated carbocycles. The Morgan fingerprint density at radius 3 is 2.45 bits per heavy atom. The maximum absolute atomic E-state index is 6.03. The van der Waals surface area contributed by atoms with Gasteiger partial charge in [0, 0.05) is 45.5 Å². The van der Waals surface area contributed by atoms with Crippen molar-refractivity contribution in [2.45, 2.75) is 25.5 Å². The van der Waals surface area contributed by atoms with Crippen LogP contribution in [0.1, 0.15) is 25.5 Å². The fourth-order valence-electron chi connectivity index (χ4n) is 2.81. The standard InChI is InChI=1S/C16H27N3O/c1-16(2)12-19(9-10-20-16)15(11-17)13-5-7-14(8-6-13)18(3)4/h5-8,15H,9-12,17H2,1-4H3. The van der Waals surface area contributed by atoms with Gasteiger partial charge in [0.25, 0.3) is 0 Å². The molecule has 2 rings (SSSR count). The molecule has 0 spiro atoms. The van der Waals surface area contributed by atoms with Gasteiger partial charge in [-0.15, -0.1) is 0 Å². The summed E-state index contributed by atoms with van der Waals surface area (Å²) in [6, 6.07) is 8.96. The van der Waals surface area contributed by atoms with Crippen molar-refractivity contribution >= 4 is 5.69 Å². The van der Waals surface area contributed by atoms with E-state index in [1.54, 1.807) is 0 Å². The van der Waals surface area contributed by atoms with Crippen LogP contribution in [0.25, 0.3) is 0 Å². The fraction of sp³-hybridized carbons (Fsp3) is 0.625. The van der Waals surface area contributed by atoms with Crippen molar-refractivity contribution in [2.75, 3.05) is 45.2 Å². The molecule has 1 atom stereocenters. The second-order valence-corrected chi connectivity index (χ2v) is 6.32. The van der Waals surface area contributed by atoms with Gasteiger partial charge < -0.3 is 15.4 Å². The summed E-state index contributed by atoms with van der Waals surface area (Å²) in [6.07, 6.45) is 0. The molecule has 1 aromatic carbocycles. The first kappa shape index (κ1) is 15.3. The van der Waals surface area contributed by atoms with Crippen molar-refractivity contribution in [1.82, 2.24) is 4.90 Å². The highest BCUT2D eigenvalue weighted by molar-refractivity contribution is 5.46. The minimum absolute atomic E-state index is 0.0880. The number of hydrogen-bond acceptors (Lipinski definition) is 4. The third kappa shape index (κ3) is 3.51. The van der Waals surface area contributed by atoms with Gasteiger partial charge in [-0.25, -0.2) is 0 Å². The quantitative estimate of drug-likeness (QED) is 0.912. The number of nitrogens with two attached hydrogens (primary N) is 1. The molecule has 1 fully saturated rings. The van der Waals surface area contributed by atoms with Gasteiger partial charge in [0.15, 0.2) is 0 Å². The average molecular weight is 277 g/mol. The molecular formula is C16H27N3O. The van der Waals surface area contributed by atoms with Crippen LogP contribution in [0.3, 0.4) is 0 Å². The SMILES string of the molecule is CN(C)c1ccc(C(CN)N2CCOC(C)(C)C2)cc1. The largest absolute Gasteiger partial charge is 0.378 e. The summed E-state index contributed by atoms with van der Waals surface area (Å²) in [7, 11) is 4.11. The van der Waals surface area contributed by atoms with Gasteiger partial charge >= 0.3 is 0 Å². The monoisotopic (exact) mass is 277 g/mol. The first-order valence-electron chi connectivity index (χ1n) is 7.28. The van der Waals surface area contributed by atoms with Crippen molar-refractivity contribution in [1.29, 1.82) is 0 Å². The van der Waals surface area contributed by atoms with Gasteiger partial charge in [-0.1, -0.05) is 12.1 Å². The van der Waals surface area contributed by atoms with E-state index in [2.05, 4.69) is 62.0 Å². The van der Waals surface area contributed by atoms with Crippen molar-refractivity contribution in [2.24, 2.45) is 5.73 Å². The number of ether oxygens (including phenoxy) is 1. The predicted octanol–water partition coefficient (Wildman–Crippen LogP) is 1.86. The molecule has 0 aromatic heterocycles. The minimum atomic E-state index is -0.0880. The molecule has 0 radical (unpaired) electrons. The van der Waals surface area contributed by atoms with Gasteiger partial charge in [0.2, 0.25) is 0 Å². The summed E-state index contributed by atoms with van der Waals surface area (Å²) in [5.74, 6) is 0. The first-order valence-corrected chi connectivity index (χ1v) is 7.28. The summed E-state index contributed by atoms with van der Waals surface area (Å²) >= 11 is 0. The van der Waals surface area contributed by atoms with Crippen LogP contribution in [-0.2, 0) is 4.74 Å². The molecule has 4 heteroatoms. The highest BCUT2D eigenvalue weighted by Crippen LogP contribution is 2.27. The molecule has 2 N–H and O–H groups in total. The van der Waals surface area contributed by atoms with Crippen molar-refractivity contribution in [3.63, 3.8) is 0 Å². The fourth-order valence-corrected chi connectivity index (χ4v) is 2.81. The lowest BCUT2D eigenvalue weighted by Gasteiger charge is -2.42. The third-order valence-electron chi connectivity index (χ3n) is 3.91. The molecule has 4 nitrogen and oxygen atoms in total. The summed E-state index contributed by atoms with van der Waals surface area (Å²) in [5.41, 5.74) is 8.44. The molecule has 0 bridgehead atoms.